The van der Waals surface area contributed by atoms with Gasteiger partial charge in [-0.25, -0.2) is 22.5 Å². The molecule has 0 spiro atoms. The minimum absolute atomic E-state index is 0.0930. The van der Waals surface area contributed by atoms with Crippen LogP contribution in [-0.2, 0) is 5.92 Å². The molecule has 0 atom stereocenters. The maximum absolute atomic E-state index is 13.6. The van der Waals surface area contributed by atoms with Crippen molar-refractivity contribution in [2.45, 2.75) is 62.5 Å². The van der Waals surface area contributed by atoms with Crippen LogP contribution in [0.5, 0.6) is 0 Å². The number of rotatable bonds is 6. The van der Waals surface area contributed by atoms with Crippen LogP contribution >= 0.6 is 0 Å². The fraction of sp³-hybridized carbons (Fsp3) is 0.588. The molecule has 2 heterocycles. The highest BCUT2D eigenvalue weighted by Gasteiger charge is 2.46. The Morgan fingerprint density at radius 2 is 1.33 bits per heavy atom. The minimum Gasteiger partial charge on any atom is -0.351 e. The lowest BCUT2D eigenvalue weighted by Crippen LogP contribution is -2.45. The fourth-order valence-corrected chi connectivity index (χ4v) is 3.20. The summed E-state index contributed by atoms with van der Waals surface area (Å²) in [6.07, 6.45) is 0.404. The van der Waals surface area contributed by atoms with Gasteiger partial charge in [-0.3, -0.25) is 4.98 Å². The molecule has 7 nitrogen and oxygen atoms in total. The average Bonchev–Trinajstić information content (AvgIpc) is 2.58. The monoisotopic (exact) mass is 433 g/mol. The van der Waals surface area contributed by atoms with Crippen molar-refractivity contribution in [3.05, 3.63) is 18.1 Å². The minimum atomic E-state index is -3.26. The maximum atomic E-state index is 13.6. The molecule has 0 aliphatic heterocycles. The van der Waals surface area contributed by atoms with E-state index in [2.05, 4.69) is 35.6 Å². The second-order valence-corrected chi connectivity index (χ2v) is 7.70. The molecule has 0 saturated heterocycles. The zero-order valence-electron chi connectivity index (χ0n) is 15.6. The molecule has 162 valence electrons. The predicted octanol–water partition coefficient (Wildman–Crippen LogP) is 3.86. The van der Waals surface area contributed by atoms with Crippen LogP contribution in [-0.4, -0.2) is 48.8 Å². The van der Waals surface area contributed by atoms with Crippen molar-refractivity contribution in [2.75, 3.05) is 10.6 Å². The van der Waals surface area contributed by atoms with E-state index in [9.17, 15) is 26.3 Å². The van der Waals surface area contributed by atoms with Gasteiger partial charge in [0.2, 0.25) is 11.9 Å². The van der Waals surface area contributed by atoms with Crippen molar-refractivity contribution in [1.29, 1.82) is 0 Å². The number of anilines is 2. The van der Waals surface area contributed by atoms with E-state index in [1.807, 2.05) is 0 Å². The third-order valence-corrected chi connectivity index (χ3v) is 4.80. The van der Waals surface area contributed by atoms with E-state index >= 15 is 0 Å². The van der Waals surface area contributed by atoms with Crippen molar-refractivity contribution in [2.24, 2.45) is 0 Å². The Bertz CT molecular complexity index is 888. The Morgan fingerprint density at radius 3 is 1.77 bits per heavy atom. The van der Waals surface area contributed by atoms with Gasteiger partial charge in [0.25, 0.3) is 17.8 Å². The topological polar surface area (TPSA) is 88.5 Å². The summed E-state index contributed by atoms with van der Waals surface area (Å²) in [6, 6.07) is -1.18. The Morgan fingerprint density at radius 1 is 0.833 bits per heavy atom. The first kappa shape index (κ1) is 20.5. The number of hydrogen-bond acceptors (Lipinski definition) is 7. The van der Waals surface area contributed by atoms with E-state index < -0.39 is 61.2 Å². The van der Waals surface area contributed by atoms with Gasteiger partial charge in [-0.1, -0.05) is 0 Å². The van der Waals surface area contributed by atoms with Crippen LogP contribution in [0.25, 0.3) is 11.5 Å². The highest BCUT2D eigenvalue weighted by molar-refractivity contribution is 5.53. The second kappa shape index (κ2) is 6.91. The molecule has 0 radical (unpaired) electrons. The van der Waals surface area contributed by atoms with Gasteiger partial charge in [0.1, 0.15) is 11.4 Å². The molecule has 13 heteroatoms. The van der Waals surface area contributed by atoms with Crippen molar-refractivity contribution in [3.8, 4) is 11.5 Å². The molecule has 2 aromatic heterocycles. The Balaban J connectivity index is 1.61. The highest BCUT2D eigenvalue weighted by atomic mass is 19.3. The zero-order valence-corrected chi connectivity index (χ0v) is 15.6. The first-order chi connectivity index (χ1) is 13.9. The lowest BCUT2D eigenvalue weighted by atomic mass is 9.88. The molecule has 2 aliphatic rings. The summed E-state index contributed by atoms with van der Waals surface area (Å²) >= 11 is 0. The lowest BCUT2D eigenvalue weighted by Gasteiger charge is -2.36. The number of nitrogens with zero attached hydrogens (tertiary/aromatic N) is 5. The molecule has 2 saturated carbocycles. The molecule has 0 aromatic carbocycles. The van der Waals surface area contributed by atoms with Gasteiger partial charge in [-0.2, -0.15) is 23.7 Å². The number of nitrogens with one attached hydrogen (secondary N) is 2. The van der Waals surface area contributed by atoms with E-state index in [4.69, 9.17) is 0 Å². The summed E-state index contributed by atoms with van der Waals surface area (Å²) in [5.74, 6) is -9.15. The van der Waals surface area contributed by atoms with E-state index in [1.165, 1.54) is 0 Å². The Hall–Kier alpha value is -2.73. The van der Waals surface area contributed by atoms with Crippen LogP contribution in [0.2, 0.25) is 0 Å². The van der Waals surface area contributed by atoms with Gasteiger partial charge < -0.3 is 10.6 Å². The van der Waals surface area contributed by atoms with Gasteiger partial charge in [0, 0.05) is 44.7 Å². The van der Waals surface area contributed by atoms with Gasteiger partial charge in [0.15, 0.2) is 5.82 Å². The highest BCUT2D eigenvalue weighted by Crippen LogP contribution is 2.40. The molecule has 2 aliphatic carbocycles. The molecule has 2 fully saturated rings. The maximum Gasteiger partial charge on any atom is 0.288 e. The van der Waals surface area contributed by atoms with Gasteiger partial charge >= 0.3 is 0 Å². The number of halogens is 6. The quantitative estimate of drug-likeness (QED) is 0.669. The molecule has 0 bridgehead atoms. The third kappa shape index (κ3) is 4.54. The molecular formula is C17H17F6N7. The first-order valence-corrected chi connectivity index (χ1v) is 9.14. The fourth-order valence-electron chi connectivity index (χ4n) is 3.20. The van der Waals surface area contributed by atoms with Crippen molar-refractivity contribution < 1.29 is 26.3 Å². The molecule has 0 amide bonds. The number of alkyl halides is 6. The predicted molar refractivity (Wildman–Crippen MR) is 93.6 cm³/mol. The molecule has 0 unspecified atom stereocenters. The summed E-state index contributed by atoms with van der Waals surface area (Å²) in [5.41, 5.74) is -0.706. The Labute approximate surface area is 166 Å². The van der Waals surface area contributed by atoms with E-state index in [0.717, 1.165) is 12.4 Å². The van der Waals surface area contributed by atoms with Crippen LogP contribution in [0.4, 0.5) is 38.2 Å². The SMILES string of the molecule is CC(F)(F)c1cncc(-c2nc(NC3CC(F)(F)C3)nc(NC3CC(F)(F)C3)n2)n1. The van der Waals surface area contributed by atoms with Crippen molar-refractivity contribution in [3.63, 3.8) is 0 Å². The first-order valence-electron chi connectivity index (χ1n) is 9.14. The smallest absolute Gasteiger partial charge is 0.288 e. The van der Waals surface area contributed by atoms with Crippen LogP contribution in [0, 0.1) is 0 Å². The zero-order chi connectivity index (χ0) is 21.7. The van der Waals surface area contributed by atoms with Gasteiger partial charge in [0.05, 0.1) is 12.4 Å². The standard InChI is InChI=1S/C17H17F6N7/c1-15(18,19)11-7-24-6-10(27-11)12-28-13(25-8-2-16(20,21)3-8)30-14(29-12)26-9-4-17(22,23)5-9/h6-9H,2-5H2,1H3,(H2,25,26,28,29,30). The third-order valence-electron chi connectivity index (χ3n) is 4.80. The molecule has 4 rings (SSSR count). The summed E-state index contributed by atoms with van der Waals surface area (Å²) in [4.78, 5) is 19.7. The van der Waals surface area contributed by atoms with Crippen LogP contribution in [0.1, 0.15) is 38.3 Å². The van der Waals surface area contributed by atoms with Crippen LogP contribution in [0.15, 0.2) is 12.4 Å². The Kier molecular flexibility index (Phi) is 4.73. The molecule has 2 aromatic rings. The normalized spacial score (nSPS) is 20.9. The van der Waals surface area contributed by atoms with Crippen molar-refractivity contribution in [1.82, 2.24) is 24.9 Å². The largest absolute Gasteiger partial charge is 0.351 e. The summed E-state index contributed by atoms with van der Waals surface area (Å²) in [6.45, 7) is 0.654. The van der Waals surface area contributed by atoms with Gasteiger partial charge in [-0.05, 0) is 0 Å². The van der Waals surface area contributed by atoms with Crippen LogP contribution < -0.4 is 10.6 Å². The number of hydrogen-bond donors (Lipinski definition) is 2. The van der Waals surface area contributed by atoms with Gasteiger partial charge in [-0.15, -0.1) is 0 Å². The summed E-state index contributed by atoms with van der Waals surface area (Å²) in [7, 11) is 0. The second-order valence-electron chi connectivity index (χ2n) is 7.70. The van der Waals surface area contributed by atoms with E-state index in [1.54, 1.807) is 0 Å². The summed E-state index contributed by atoms with van der Waals surface area (Å²) < 4.78 is 79.6. The number of aromatic nitrogens is 5. The lowest BCUT2D eigenvalue weighted by molar-refractivity contribution is -0.0799. The van der Waals surface area contributed by atoms with Crippen LogP contribution in [0.3, 0.4) is 0 Å². The molecule has 30 heavy (non-hydrogen) atoms. The van der Waals surface area contributed by atoms with E-state index in [-0.39, 0.29) is 23.4 Å². The van der Waals surface area contributed by atoms with E-state index in [0.29, 0.717) is 6.92 Å². The summed E-state index contributed by atoms with van der Waals surface area (Å²) in [5, 5.41) is 5.46. The average molecular weight is 433 g/mol. The van der Waals surface area contributed by atoms with Crippen molar-refractivity contribution >= 4 is 11.9 Å². The molecular weight excluding hydrogens is 416 g/mol. The molecule has 2 N–H and O–H groups in total.